The molecule has 0 bridgehead atoms. The molecule has 1 rings (SSSR count). The highest BCUT2D eigenvalue weighted by atomic mass is 16.4. The largest absolute Gasteiger partial charge is 0.481 e. The monoisotopic (exact) mass is 143 g/mol. The van der Waals surface area contributed by atoms with Gasteiger partial charge in [-0.05, 0) is 6.92 Å². The lowest BCUT2D eigenvalue weighted by Crippen LogP contribution is -2.29. The van der Waals surface area contributed by atoms with E-state index >= 15 is 0 Å². The molecule has 10 heavy (non-hydrogen) atoms. The molecule has 2 atom stereocenters. The minimum atomic E-state index is -0.695. The van der Waals surface area contributed by atoms with Gasteiger partial charge in [-0.25, -0.2) is 0 Å². The molecule has 1 N–H and O–H groups in total. The first-order valence-electron chi connectivity index (χ1n) is 3.60. The molecule has 1 heterocycles. The molecule has 0 saturated carbocycles. The van der Waals surface area contributed by atoms with Crippen LogP contribution in [0.1, 0.15) is 13.8 Å². The Balaban J connectivity index is 2.38. The summed E-state index contributed by atoms with van der Waals surface area (Å²) in [5.41, 5.74) is 0. The van der Waals surface area contributed by atoms with E-state index in [9.17, 15) is 4.79 Å². The lowest BCUT2D eigenvalue weighted by Gasteiger charge is -2.16. The van der Waals surface area contributed by atoms with Gasteiger partial charge in [-0.15, -0.1) is 0 Å². The van der Waals surface area contributed by atoms with Crippen LogP contribution in [0.15, 0.2) is 0 Å². The van der Waals surface area contributed by atoms with Gasteiger partial charge in [0.2, 0.25) is 0 Å². The number of aliphatic carboxylic acids is 1. The third-order valence-electron chi connectivity index (χ3n) is 2.17. The fourth-order valence-electron chi connectivity index (χ4n) is 0.988. The summed E-state index contributed by atoms with van der Waals surface area (Å²) in [4.78, 5) is 12.6. The molecule has 58 valence electrons. The molecular weight excluding hydrogens is 130 g/mol. The van der Waals surface area contributed by atoms with Crippen LogP contribution in [0.3, 0.4) is 0 Å². The summed E-state index contributed by atoms with van der Waals surface area (Å²) in [5, 5.41) is 8.60. The van der Waals surface area contributed by atoms with E-state index in [0.717, 1.165) is 13.1 Å². The van der Waals surface area contributed by atoms with Crippen LogP contribution in [-0.2, 0) is 4.79 Å². The van der Waals surface area contributed by atoms with Crippen molar-refractivity contribution in [3.63, 3.8) is 0 Å². The van der Waals surface area contributed by atoms with Crippen molar-refractivity contribution in [2.24, 2.45) is 5.92 Å². The molecule has 1 saturated heterocycles. The van der Waals surface area contributed by atoms with Crippen molar-refractivity contribution in [3.8, 4) is 0 Å². The zero-order valence-electron chi connectivity index (χ0n) is 6.37. The van der Waals surface area contributed by atoms with Gasteiger partial charge in [0.1, 0.15) is 0 Å². The van der Waals surface area contributed by atoms with E-state index in [0.29, 0.717) is 0 Å². The van der Waals surface area contributed by atoms with Crippen molar-refractivity contribution in [1.29, 1.82) is 0 Å². The number of hydrogen-bond acceptors (Lipinski definition) is 2. The van der Waals surface area contributed by atoms with Crippen molar-refractivity contribution in [2.45, 2.75) is 19.9 Å². The summed E-state index contributed by atoms with van der Waals surface area (Å²) in [5.74, 6) is -0.929. The number of nitrogens with zero attached hydrogens (tertiary/aromatic N) is 1. The molecule has 1 unspecified atom stereocenters. The molecule has 0 spiro atoms. The third-order valence-corrected chi connectivity index (χ3v) is 2.17. The average Bonchev–Trinajstić information content (AvgIpc) is 2.65. The summed E-state index contributed by atoms with van der Waals surface area (Å²) >= 11 is 0. The average molecular weight is 143 g/mol. The topological polar surface area (TPSA) is 40.3 Å². The summed E-state index contributed by atoms with van der Waals surface area (Å²) in [6, 6.07) is 0.206. The van der Waals surface area contributed by atoms with Gasteiger partial charge in [-0.3, -0.25) is 9.69 Å². The molecule has 0 aromatic rings. The Hall–Kier alpha value is -0.570. The van der Waals surface area contributed by atoms with E-state index in [1.165, 1.54) is 0 Å². The Bertz CT molecular complexity index is 143. The first-order valence-corrected chi connectivity index (χ1v) is 3.60. The second-order valence-corrected chi connectivity index (χ2v) is 2.90. The second kappa shape index (κ2) is 2.58. The zero-order chi connectivity index (χ0) is 7.72. The van der Waals surface area contributed by atoms with E-state index in [2.05, 4.69) is 4.90 Å². The van der Waals surface area contributed by atoms with Crippen molar-refractivity contribution < 1.29 is 9.90 Å². The Labute approximate surface area is 60.6 Å². The standard InChI is InChI=1S/C7H13NO2/c1-5(7(9)10)6(2)8-3-4-8/h5-6H,3-4H2,1-2H3,(H,9,10)/t5-,6?/m0/s1. The maximum absolute atomic E-state index is 10.4. The van der Waals surface area contributed by atoms with Crippen LogP contribution in [0.2, 0.25) is 0 Å². The fraction of sp³-hybridized carbons (Fsp3) is 0.857. The summed E-state index contributed by atoms with van der Waals surface area (Å²) in [6.07, 6.45) is 0. The highest BCUT2D eigenvalue weighted by Gasteiger charge is 2.31. The first-order chi connectivity index (χ1) is 4.63. The number of carboxylic acids is 1. The van der Waals surface area contributed by atoms with E-state index in [1.807, 2.05) is 6.92 Å². The van der Waals surface area contributed by atoms with Crippen LogP contribution in [-0.4, -0.2) is 35.1 Å². The van der Waals surface area contributed by atoms with Crippen molar-refractivity contribution >= 4 is 5.97 Å². The molecule has 3 heteroatoms. The van der Waals surface area contributed by atoms with Crippen molar-refractivity contribution in [1.82, 2.24) is 4.90 Å². The van der Waals surface area contributed by atoms with Gasteiger partial charge in [0, 0.05) is 19.1 Å². The molecule has 1 fully saturated rings. The van der Waals surface area contributed by atoms with Crippen LogP contribution in [0.5, 0.6) is 0 Å². The maximum atomic E-state index is 10.4. The van der Waals surface area contributed by atoms with E-state index < -0.39 is 5.97 Å². The van der Waals surface area contributed by atoms with E-state index in [1.54, 1.807) is 6.92 Å². The lowest BCUT2D eigenvalue weighted by atomic mass is 10.0. The predicted octanol–water partition coefficient (Wildman–Crippen LogP) is 0.411. The van der Waals surface area contributed by atoms with Gasteiger partial charge in [-0.2, -0.15) is 0 Å². The fourth-order valence-corrected chi connectivity index (χ4v) is 0.988. The molecule has 1 aliphatic rings. The van der Waals surface area contributed by atoms with Crippen LogP contribution in [0.4, 0.5) is 0 Å². The number of rotatable bonds is 3. The highest BCUT2D eigenvalue weighted by molar-refractivity contribution is 5.70. The zero-order valence-corrected chi connectivity index (χ0v) is 6.37. The number of carboxylic acid groups (broad SMARTS) is 1. The van der Waals surface area contributed by atoms with Gasteiger partial charge in [-0.1, -0.05) is 6.92 Å². The Morgan fingerprint density at radius 2 is 2.00 bits per heavy atom. The lowest BCUT2D eigenvalue weighted by molar-refractivity contribution is -0.142. The van der Waals surface area contributed by atoms with Crippen LogP contribution >= 0.6 is 0 Å². The maximum Gasteiger partial charge on any atom is 0.307 e. The normalized spacial score (nSPS) is 23.8. The number of hydrogen-bond donors (Lipinski definition) is 1. The smallest absolute Gasteiger partial charge is 0.307 e. The van der Waals surface area contributed by atoms with Gasteiger partial charge in [0.25, 0.3) is 0 Å². The van der Waals surface area contributed by atoms with Gasteiger partial charge in [0.15, 0.2) is 0 Å². The summed E-state index contributed by atoms with van der Waals surface area (Å²) in [7, 11) is 0. The molecule has 1 aliphatic heterocycles. The molecule has 0 aromatic carbocycles. The minimum Gasteiger partial charge on any atom is -0.481 e. The van der Waals surface area contributed by atoms with Crippen LogP contribution in [0.25, 0.3) is 0 Å². The molecule has 0 aromatic heterocycles. The van der Waals surface area contributed by atoms with E-state index in [4.69, 9.17) is 5.11 Å². The number of carbonyl (C=O) groups is 1. The molecule has 0 radical (unpaired) electrons. The van der Waals surface area contributed by atoms with Gasteiger partial charge in [0.05, 0.1) is 5.92 Å². The SMILES string of the molecule is CC([C@H](C)C(=O)O)N1CC1. The minimum absolute atomic E-state index is 0.206. The molecule has 0 aliphatic carbocycles. The molecular formula is C7H13NO2. The Morgan fingerprint density at radius 1 is 1.50 bits per heavy atom. The predicted molar refractivity (Wildman–Crippen MR) is 37.8 cm³/mol. The van der Waals surface area contributed by atoms with Gasteiger partial charge < -0.3 is 5.11 Å². The molecule has 3 nitrogen and oxygen atoms in total. The van der Waals surface area contributed by atoms with Crippen LogP contribution < -0.4 is 0 Å². The summed E-state index contributed by atoms with van der Waals surface area (Å²) in [6.45, 7) is 5.86. The van der Waals surface area contributed by atoms with Crippen LogP contribution in [0, 0.1) is 5.92 Å². The second-order valence-electron chi connectivity index (χ2n) is 2.90. The highest BCUT2D eigenvalue weighted by Crippen LogP contribution is 2.17. The van der Waals surface area contributed by atoms with Crippen molar-refractivity contribution in [3.05, 3.63) is 0 Å². The summed E-state index contributed by atoms with van der Waals surface area (Å²) < 4.78 is 0. The Morgan fingerprint density at radius 3 is 2.30 bits per heavy atom. The third kappa shape index (κ3) is 1.48. The van der Waals surface area contributed by atoms with E-state index in [-0.39, 0.29) is 12.0 Å². The first kappa shape index (κ1) is 7.54. The van der Waals surface area contributed by atoms with Gasteiger partial charge >= 0.3 is 5.97 Å². The molecule has 0 amide bonds. The Kier molecular flexibility index (Phi) is 1.94. The quantitative estimate of drug-likeness (QED) is 0.582. The van der Waals surface area contributed by atoms with Crippen molar-refractivity contribution in [2.75, 3.05) is 13.1 Å².